The van der Waals surface area contributed by atoms with Crippen LogP contribution < -0.4 is 9.46 Å². The maximum atomic E-state index is 13.5. The number of hydrogen-bond acceptors (Lipinski definition) is 6. The summed E-state index contributed by atoms with van der Waals surface area (Å²) in [6, 6.07) is 13.0. The van der Waals surface area contributed by atoms with Crippen molar-refractivity contribution >= 4 is 38.3 Å². The summed E-state index contributed by atoms with van der Waals surface area (Å²) in [5.74, 6) is 0.293. The molecule has 32 heavy (non-hydrogen) atoms. The van der Waals surface area contributed by atoms with Crippen LogP contribution in [0.3, 0.4) is 0 Å². The number of fused-ring (bicyclic) bond motifs is 1. The average molecular weight is 473 g/mol. The Hall–Kier alpha value is -3.30. The Morgan fingerprint density at radius 2 is 1.91 bits per heavy atom. The minimum atomic E-state index is -3.94. The van der Waals surface area contributed by atoms with Gasteiger partial charge in [0.15, 0.2) is 0 Å². The van der Waals surface area contributed by atoms with Crippen molar-refractivity contribution in [3.63, 3.8) is 0 Å². The molecule has 4 aromatic rings. The maximum absolute atomic E-state index is 13.5. The van der Waals surface area contributed by atoms with E-state index in [1.165, 1.54) is 31.5 Å². The second kappa shape index (κ2) is 8.68. The van der Waals surface area contributed by atoms with Gasteiger partial charge in [-0.05, 0) is 53.9 Å². The highest BCUT2D eigenvalue weighted by molar-refractivity contribution is 7.92. The Kier molecular flexibility index (Phi) is 5.94. The van der Waals surface area contributed by atoms with Crippen LogP contribution in [0, 0.1) is 6.08 Å². The van der Waals surface area contributed by atoms with Gasteiger partial charge in [0.1, 0.15) is 10.7 Å². The number of benzene rings is 2. The number of pyridine rings is 1. The summed E-state index contributed by atoms with van der Waals surface area (Å²) in [7, 11) is -2.50. The van der Waals surface area contributed by atoms with Crippen molar-refractivity contribution in [2.24, 2.45) is 0 Å². The average Bonchev–Trinajstić information content (AvgIpc) is 2.78. The highest BCUT2D eigenvalue weighted by Crippen LogP contribution is 2.34. The number of aryl methyl sites for hydroxylation is 1. The number of anilines is 1. The number of aromatic nitrogens is 3. The molecule has 0 bridgehead atoms. The minimum absolute atomic E-state index is 0.0548. The first-order chi connectivity index (χ1) is 15.3. The molecular weight excluding hydrogens is 455 g/mol. The molecule has 10 heteroatoms. The number of methoxy groups -OCH3 is 1. The van der Waals surface area contributed by atoms with Crippen LogP contribution in [0.4, 0.5) is 10.2 Å². The fourth-order valence-corrected chi connectivity index (χ4v) is 4.87. The lowest BCUT2D eigenvalue weighted by Crippen LogP contribution is -2.14. The summed E-state index contributed by atoms with van der Waals surface area (Å²) < 4.78 is 46.8. The molecule has 0 fully saturated rings. The van der Waals surface area contributed by atoms with Crippen LogP contribution in [-0.4, -0.2) is 30.5 Å². The topological polar surface area (TPSA) is 94.1 Å². The van der Waals surface area contributed by atoms with Gasteiger partial charge in [0.05, 0.1) is 17.6 Å². The highest BCUT2D eigenvalue weighted by atomic mass is 35.5. The van der Waals surface area contributed by atoms with E-state index in [0.29, 0.717) is 22.9 Å². The number of nitrogens with zero attached hydrogens (tertiary/aromatic N) is 3. The quantitative estimate of drug-likeness (QED) is 0.403. The summed E-state index contributed by atoms with van der Waals surface area (Å²) in [5, 5.41) is 0.775. The molecule has 0 saturated heterocycles. The Labute approximate surface area is 189 Å². The molecular formula is C22H18ClFN4O3S. The molecule has 2 heterocycles. The molecule has 164 valence electrons. The van der Waals surface area contributed by atoms with Gasteiger partial charge < -0.3 is 4.74 Å². The molecule has 4 rings (SSSR count). The lowest BCUT2D eigenvalue weighted by atomic mass is 9.99. The fraction of sp³-hybridized carbons (Fsp3) is 0.136. The van der Waals surface area contributed by atoms with Gasteiger partial charge in [0.25, 0.3) is 10.0 Å². The largest absolute Gasteiger partial charge is 0.480 e. The first-order valence-electron chi connectivity index (χ1n) is 9.60. The van der Waals surface area contributed by atoms with Crippen LogP contribution in [-0.2, 0) is 16.4 Å². The summed E-state index contributed by atoms with van der Waals surface area (Å²) in [4.78, 5) is 11.8. The van der Waals surface area contributed by atoms with Crippen molar-refractivity contribution < 1.29 is 17.5 Å². The molecule has 0 radical (unpaired) electrons. The van der Waals surface area contributed by atoms with E-state index in [9.17, 15) is 12.8 Å². The normalized spacial score (nSPS) is 11.5. The first kappa shape index (κ1) is 21.9. The van der Waals surface area contributed by atoms with Crippen molar-refractivity contribution in [3.05, 3.63) is 71.4 Å². The minimum Gasteiger partial charge on any atom is -0.480 e. The summed E-state index contributed by atoms with van der Waals surface area (Å²) in [6.45, 7) is 1.95. The Morgan fingerprint density at radius 3 is 2.62 bits per heavy atom. The zero-order valence-corrected chi connectivity index (χ0v) is 18.7. The van der Waals surface area contributed by atoms with E-state index < -0.39 is 16.1 Å². The third-order valence-electron chi connectivity index (χ3n) is 4.84. The van der Waals surface area contributed by atoms with Crippen LogP contribution in [0.1, 0.15) is 12.5 Å². The molecule has 0 amide bonds. The Morgan fingerprint density at radius 1 is 1.12 bits per heavy atom. The molecule has 2 aromatic heterocycles. The fourth-order valence-electron chi connectivity index (χ4n) is 3.35. The number of nitrogens with one attached hydrogen (secondary N) is 1. The molecule has 0 saturated carbocycles. The van der Waals surface area contributed by atoms with Gasteiger partial charge in [-0.25, -0.2) is 18.4 Å². The van der Waals surface area contributed by atoms with Crippen LogP contribution in [0.5, 0.6) is 5.88 Å². The van der Waals surface area contributed by atoms with Crippen LogP contribution >= 0.6 is 11.6 Å². The number of sulfonamides is 1. The molecule has 2 aromatic carbocycles. The van der Waals surface area contributed by atoms with E-state index in [0.717, 1.165) is 11.1 Å². The predicted octanol–water partition coefficient (Wildman–Crippen LogP) is 4.86. The number of hydrogen-bond donors (Lipinski definition) is 1. The standard InChI is InChI=1S/C22H18ClFN4O3S/c1-3-13-10-14(11-15-12-25-22(24)27-20(13)15)16-8-9-19(26-21(16)31-2)28-32(29,30)18-7-5-4-6-17(18)23/h4-12H,3H2,1-2H3,(H,26,28). The van der Waals surface area contributed by atoms with Crippen molar-refractivity contribution in [3.8, 4) is 17.0 Å². The van der Waals surface area contributed by atoms with E-state index in [4.69, 9.17) is 16.3 Å². The molecule has 0 aliphatic heterocycles. The SMILES string of the molecule is CCc1cc(-c2ccc(NS(=O)(=O)c3ccccc3Cl)nc2OC)cc2cnc(F)nc12. The molecule has 0 spiro atoms. The van der Waals surface area contributed by atoms with Gasteiger partial charge >= 0.3 is 6.08 Å². The second-order valence-corrected chi connectivity index (χ2v) is 8.91. The van der Waals surface area contributed by atoms with Gasteiger partial charge in [0.2, 0.25) is 5.88 Å². The molecule has 7 nitrogen and oxygen atoms in total. The molecule has 0 unspecified atom stereocenters. The van der Waals surface area contributed by atoms with Crippen molar-refractivity contribution in [1.29, 1.82) is 0 Å². The third-order valence-corrected chi connectivity index (χ3v) is 6.70. The Bertz CT molecular complexity index is 1430. The van der Waals surface area contributed by atoms with E-state index in [2.05, 4.69) is 19.7 Å². The van der Waals surface area contributed by atoms with Gasteiger partial charge in [-0.2, -0.15) is 9.37 Å². The van der Waals surface area contributed by atoms with Crippen molar-refractivity contribution in [2.75, 3.05) is 11.8 Å². The zero-order chi connectivity index (χ0) is 22.9. The van der Waals surface area contributed by atoms with Crippen LogP contribution in [0.2, 0.25) is 5.02 Å². The number of ether oxygens (including phenoxy) is 1. The lowest BCUT2D eigenvalue weighted by molar-refractivity contribution is 0.400. The number of halogens is 2. The highest BCUT2D eigenvalue weighted by Gasteiger charge is 2.20. The smallest absolute Gasteiger partial charge is 0.309 e. The second-order valence-electron chi connectivity index (χ2n) is 6.86. The van der Waals surface area contributed by atoms with Crippen LogP contribution in [0.15, 0.2) is 59.6 Å². The summed E-state index contributed by atoms with van der Waals surface area (Å²) >= 11 is 6.03. The van der Waals surface area contributed by atoms with E-state index in [1.54, 1.807) is 24.3 Å². The monoisotopic (exact) mass is 472 g/mol. The first-order valence-corrected chi connectivity index (χ1v) is 11.5. The van der Waals surface area contributed by atoms with Gasteiger partial charge in [-0.15, -0.1) is 0 Å². The van der Waals surface area contributed by atoms with Crippen molar-refractivity contribution in [2.45, 2.75) is 18.2 Å². The van der Waals surface area contributed by atoms with E-state index >= 15 is 0 Å². The zero-order valence-electron chi connectivity index (χ0n) is 17.1. The van der Waals surface area contributed by atoms with E-state index in [-0.39, 0.29) is 21.6 Å². The van der Waals surface area contributed by atoms with Crippen molar-refractivity contribution in [1.82, 2.24) is 15.0 Å². The Balaban J connectivity index is 1.75. The summed E-state index contributed by atoms with van der Waals surface area (Å²) in [5.41, 5.74) is 2.77. The number of rotatable bonds is 6. The van der Waals surface area contributed by atoms with Gasteiger partial charge in [-0.1, -0.05) is 30.7 Å². The molecule has 0 aliphatic rings. The van der Waals surface area contributed by atoms with E-state index in [1.807, 2.05) is 13.0 Å². The lowest BCUT2D eigenvalue weighted by Gasteiger charge is -2.14. The predicted molar refractivity (Wildman–Crippen MR) is 121 cm³/mol. The molecule has 1 N–H and O–H groups in total. The molecule has 0 aliphatic carbocycles. The maximum Gasteiger partial charge on any atom is 0.309 e. The van der Waals surface area contributed by atoms with Gasteiger partial charge in [0, 0.05) is 17.1 Å². The molecule has 0 atom stereocenters. The van der Waals surface area contributed by atoms with Gasteiger partial charge in [-0.3, -0.25) is 4.72 Å². The summed E-state index contributed by atoms with van der Waals surface area (Å²) in [6.07, 6.45) is 1.27. The third kappa shape index (κ3) is 4.21. The van der Waals surface area contributed by atoms with Crippen LogP contribution in [0.25, 0.3) is 22.0 Å².